The molecule has 1 fully saturated rings. The summed E-state index contributed by atoms with van der Waals surface area (Å²) in [6.07, 6.45) is 9.94. The molecule has 1 saturated heterocycles. The van der Waals surface area contributed by atoms with Crippen LogP contribution in [0.1, 0.15) is 32.1 Å². The lowest BCUT2D eigenvalue weighted by Crippen LogP contribution is -2.44. The minimum absolute atomic E-state index is 0.0301. The van der Waals surface area contributed by atoms with Crippen LogP contribution in [0.4, 0.5) is 5.82 Å². The number of allylic oxidation sites excluding steroid dienone is 2. The molecular weight excluding hydrogens is 326 g/mol. The molecule has 5 nitrogen and oxygen atoms in total. The maximum Gasteiger partial charge on any atom is 0.228 e. The molecule has 6 heteroatoms. The number of carbonyl (C=O) groups excluding carboxylic acids is 2. The van der Waals surface area contributed by atoms with E-state index in [0.29, 0.717) is 36.8 Å². The normalized spacial score (nSPS) is 21.5. The number of amides is 2. The van der Waals surface area contributed by atoms with Crippen LogP contribution in [0.2, 0.25) is 5.02 Å². The van der Waals surface area contributed by atoms with Crippen molar-refractivity contribution < 1.29 is 9.59 Å². The molecule has 3 rings (SSSR count). The highest BCUT2D eigenvalue weighted by Gasteiger charge is 2.30. The quantitative estimate of drug-likeness (QED) is 0.853. The molecule has 1 aliphatic carbocycles. The van der Waals surface area contributed by atoms with Gasteiger partial charge in [0, 0.05) is 31.1 Å². The second kappa shape index (κ2) is 7.79. The first-order valence-electron chi connectivity index (χ1n) is 8.49. The fourth-order valence-electron chi connectivity index (χ4n) is 3.32. The molecule has 0 bridgehead atoms. The maximum absolute atomic E-state index is 12.5. The monoisotopic (exact) mass is 347 g/mol. The van der Waals surface area contributed by atoms with Gasteiger partial charge in [-0.05, 0) is 44.2 Å². The van der Waals surface area contributed by atoms with Crippen LogP contribution in [0.5, 0.6) is 0 Å². The van der Waals surface area contributed by atoms with Crippen molar-refractivity contribution in [3.8, 4) is 0 Å². The molecule has 1 N–H and O–H groups in total. The summed E-state index contributed by atoms with van der Waals surface area (Å²) >= 11 is 5.79. The van der Waals surface area contributed by atoms with Gasteiger partial charge in [0.05, 0.1) is 5.02 Å². The van der Waals surface area contributed by atoms with Crippen molar-refractivity contribution in [3.63, 3.8) is 0 Å². The van der Waals surface area contributed by atoms with Gasteiger partial charge in [0.25, 0.3) is 0 Å². The van der Waals surface area contributed by atoms with E-state index in [1.54, 1.807) is 12.1 Å². The molecule has 0 aromatic carbocycles. The number of nitrogens with one attached hydrogen (secondary N) is 1. The van der Waals surface area contributed by atoms with Crippen molar-refractivity contribution >= 4 is 29.2 Å². The number of nitrogens with zero attached hydrogens (tertiary/aromatic N) is 2. The molecular formula is C18H22ClN3O2. The van der Waals surface area contributed by atoms with Crippen LogP contribution >= 0.6 is 11.6 Å². The lowest BCUT2D eigenvalue weighted by molar-refractivity contribution is -0.138. The van der Waals surface area contributed by atoms with Crippen molar-refractivity contribution in [3.05, 3.63) is 35.5 Å². The molecule has 0 saturated carbocycles. The third kappa shape index (κ3) is 4.15. The third-order valence-electron chi connectivity index (χ3n) is 4.77. The van der Waals surface area contributed by atoms with E-state index in [2.05, 4.69) is 22.5 Å². The fourth-order valence-corrected chi connectivity index (χ4v) is 3.43. The summed E-state index contributed by atoms with van der Waals surface area (Å²) in [6, 6.07) is 3.39. The van der Waals surface area contributed by atoms with Crippen molar-refractivity contribution in [2.75, 3.05) is 18.4 Å². The molecule has 0 spiro atoms. The third-order valence-corrected chi connectivity index (χ3v) is 5.00. The average Bonchev–Trinajstić information content (AvgIpc) is 2.64. The van der Waals surface area contributed by atoms with Gasteiger partial charge in [-0.15, -0.1) is 0 Å². The minimum atomic E-state index is -0.0715. The zero-order valence-electron chi connectivity index (χ0n) is 13.6. The molecule has 1 atom stereocenters. The molecule has 1 aliphatic heterocycles. The Labute approximate surface area is 147 Å². The number of carbonyl (C=O) groups is 2. The van der Waals surface area contributed by atoms with Crippen molar-refractivity contribution in [1.82, 2.24) is 9.88 Å². The first-order chi connectivity index (χ1) is 11.6. The van der Waals surface area contributed by atoms with Gasteiger partial charge in [-0.2, -0.15) is 0 Å². The number of halogens is 1. The van der Waals surface area contributed by atoms with E-state index in [0.717, 1.165) is 19.3 Å². The van der Waals surface area contributed by atoms with Crippen molar-refractivity contribution in [2.24, 2.45) is 11.8 Å². The van der Waals surface area contributed by atoms with Crippen LogP contribution in [0.15, 0.2) is 30.5 Å². The van der Waals surface area contributed by atoms with E-state index in [-0.39, 0.29) is 23.7 Å². The Morgan fingerprint density at radius 1 is 1.12 bits per heavy atom. The number of likely N-dealkylation sites (tertiary alicyclic amines) is 1. The van der Waals surface area contributed by atoms with Crippen LogP contribution in [-0.4, -0.2) is 34.8 Å². The first kappa shape index (κ1) is 17.0. The van der Waals surface area contributed by atoms with Gasteiger partial charge in [0.15, 0.2) is 0 Å². The Hall–Kier alpha value is -1.88. The molecule has 24 heavy (non-hydrogen) atoms. The second-order valence-electron chi connectivity index (χ2n) is 6.43. The standard InChI is InChI=1S/C18H22ClN3O2/c19-15-6-7-16(20-12-15)21-17(23)13-8-10-22(11-9-13)18(24)14-4-2-1-3-5-14/h1-2,6-7,12-14H,3-5,8-11H2,(H,20,21,23). The van der Waals surface area contributed by atoms with Crippen LogP contribution in [0.3, 0.4) is 0 Å². The highest BCUT2D eigenvalue weighted by Crippen LogP contribution is 2.25. The predicted octanol–water partition coefficient (Wildman–Crippen LogP) is 3.27. The lowest BCUT2D eigenvalue weighted by Gasteiger charge is -2.34. The fraction of sp³-hybridized carbons (Fsp3) is 0.500. The van der Waals surface area contributed by atoms with Crippen LogP contribution in [0.25, 0.3) is 0 Å². The molecule has 1 aromatic heterocycles. The highest BCUT2D eigenvalue weighted by atomic mass is 35.5. The van der Waals surface area contributed by atoms with E-state index >= 15 is 0 Å². The number of hydrogen-bond donors (Lipinski definition) is 1. The summed E-state index contributed by atoms with van der Waals surface area (Å²) in [5, 5.41) is 3.36. The number of piperidine rings is 1. The van der Waals surface area contributed by atoms with Gasteiger partial charge < -0.3 is 10.2 Å². The second-order valence-corrected chi connectivity index (χ2v) is 6.87. The van der Waals surface area contributed by atoms with E-state index in [1.807, 2.05) is 4.90 Å². The summed E-state index contributed by atoms with van der Waals surface area (Å²) < 4.78 is 0. The van der Waals surface area contributed by atoms with Gasteiger partial charge in [-0.25, -0.2) is 4.98 Å². The number of pyridine rings is 1. The largest absolute Gasteiger partial charge is 0.342 e. The molecule has 2 amide bonds. The molecule has 128 valence electrons. The summed E-state index contributed by atoms with van der Waals surface area (Å²) in [6.45, 7) is 1.32. The number of anilines is 1. The SMILES string of the molecule is O=C(Nc1ccc(Cl)cn1)C1CCN(C(=O)C2CC=CCC2)CC1. The minimum Gasteiger partial charge on any atom is -0.342 e. The number of hydrogen-bond acceptors (Lipinski definition) is 3. The van der Waals surface area contributed by atoms with Gasteiger partial charge >= 0.3 is 0 Å². The van der Waals surface area contributed by atoms with Crippen molar-refractivity contribution in [2.45, 2.75) is 32.1 Å². The topological polar surface area (TPSA) is 62.3 Å². The Balaban J connectivity index is 1.49. The Kier molecular flexibility index (Phi) is 5.51. The molecule has 1 unspecified atom stereocenters. The van der Waals surface area contributed by atoms with Gasteiger partial charge in [-0.1, -0.05) is 23.8 Å². The highest BCUT2D eigenvalue weighted by molar-refractivity contribution is 6.30. The smallest absolute Gasteiger partial charge is 0.228 e. The molecule has 2 aliphatic rings. The summed E-state index contributed by atoms with van der Waals surface area (Å²) in [7, 11) is 0. The van der Waals surface area contributed by atoms with Gasteiger partial charge in [0.1, 0.15) is 5.82 Å². The number of aromatic nitrogens is 1. The van der Waals surface area contributed by atoms with Crippen LogP contribution in [-0.2, 0) is 9.59 Å². The average molecular weight is 348 g/mol. The maximum atomic E-state index is 12.5. The first-order valence-corrected chi connectivity index (χ1v) is 8.87. The zero-order valence-corrected chi connectivity index (χ0v) is 14.3. The van der Waals surface area contributed by atoms with Crippen LogP contribution in [0, 0.1) is 11.8 Å². The molecule has 1 aromatic rings. The predicted molar refractivity (Wildman–Crippen MR) is 93.7 cm³/mol. The zero-order chi connectivity index (χ0) is 16.9. The Morgan fingerprint density at radius 3 is 2.54 bits per heavy atom. The summed E-state index contributed by atoms with van der Waals surface area (Å²) in [4.78, 5) is 30.9. The van der Waals surface area contributed by atoms with E-state index in [4.69, 9.17) is 11.6 Å². The summed E-state index contributed by atoms with van der Waals surface area (Å²) in [5.74, 6) is 0.781. The van der Waals surface area contributed by atoms with Crippen molar-refractivity contribution in [1.29, 1.82) is 0 Å². The van der Waals surface area contributed by atoms with Gasteiger partial charge in [-0.3, -0.25) is 9.59 Å². The Bertz CT molecular complexity index is 622. The molecule has 0 radical (unpaired) electrons. The summed E-state index contributed by atoms with van der Waals surface area (Å²) in [5.41, 5.74) is 0. The number of rotatable bonds is 3. The van der Waals surface area contributed by atoms with Crippen LogP contribution < -0.4 is 5.32 Å². The molecule has 2 heterocycles. The van der Waals surface area contributed by atoms with E-state index in [1.165, 1.54) is 6.20 Å². The lowest BCUT2D eigenvalue weighted by atomic mass is 9.90. The van der Waals surface area contributed by atoms with Gasteiger partial charge in [0.2, 0.25) is 11.8 Å². The Morgan fingerprint density at radius 2 is 1.92 bits per heavy atom. The van der Waals surface area contributed by atoms with E-state index < -0.39 is 0 Å². The van der Waals surface area contributed by atoms with E-state index in [9.17, 15) is 9.59 Å².